The molecule has 3 heteroatoms. The molecule has 0 aromatic rings. The van der Waals surface area contributed by atoms with Crippen molar-refractivity contribution in [2.75, 3.05) is 13.1 Å². The molecule has 1 aliphatic heterocycles. The van der Waals surface area contributed by atoms with Crippen LogP contribution in [0.25, 0.3) is 0 Å². The summed E-state index contributed by atoms with van der Waals surface area (Å²) in [6.07, 6.45) is 5.60. The average molecular weight is 198 g/mol. The number of rotatable bonds is 4. The van der Waals surface area contributed by atoms with Crippen LogP contribution in [0.4, 0.5) is 4.79 Å². The Kier molecular flexibility index (Phi) is 4.77. The first-order valence-electron chi connectivity index (χ1n) is 5.83. The Morgan fingerprint density at radius 1 is 1.36 bits per heavy atom. The summed E-state index contributed by atoms with van der Waals surface area (Å²) in [4.78, 5) is 13.6. The van der Waals surface area contributed by atoms with Crippen molar-refractivity contribution in [3.8, 4) is 0 Å². The Morgan fingerprint density at radius 3 is 2.50 bits per heavy atom. The van der Waals surface area contributed by atoms with Crippen molar-refractivity contribution in [3.05, 3.63) is 0 Å². The fraction of sp³-hybridized carbons (Fsp3) is 0.909. The molecule has 1 saturated heterocycles. The van der Waals surface area contributed by atoms with Gasteiger partial charge in [-0.25, -0.2) is 4.79 Å². The van der Waals surface area contributed by atoms with Crippen LogP contribution in [0.15, 0.2) is 0 Å². The summed E-state index contributed by atoms with van der Waals surface area (Å²) in [6, 6.07) is 0.510. The zero-order chi connectivity index (χ0) is 10.4. The highest BCUT2D eigenvalue weighted by molar-refractivity contribution is 5.74. The summed E-state index contributed by atoms with van der Waals surface area (Å²) in [5.41, 5.74) is 0. The van der Waals surface area contributed by atoms with Gasteiger partial charge in [-0.1, -0.05) is 20.3 Å². The highest BCUT2D eigenvalue weighted by atomic mass is 16.2. The van der Waals surface area contributed by atoms with Gasteiger partial charge < -0.3 is 10.2 Å². The molecule has 0 aromatic heterocycles. The van der Waals surface area contributed by atoms with Crippen LogP contribution in [0.3, 0.4) is 0 Å². The van der Waals surface area contributed by atoms with Gasteiger partial charge in [0, 0.05) is 19.1 Å². The first kappa shape index (κ1) is 11.3. The second kappa shape index (κ2) is 5.89. The van der Waals surface area contributed by atoms with E-state index >= 15 is 0 Å². The maximum Gasteiger partial charge on any atom is 0.317 e. The number of nitrogens with zero attached hydrogens (tertiary/aromatic N) is 1. The number of carbonyl (C=O) groups is 1. The van der Waals surface area contributed by atoms with Gasteiger partial charge in [0.15, 0.2) is 0 Å². The second-order valence-electron chi connectivity index (χ2n) is 4.04. The summed E-state index contributed by atoms with van der Waals surface area (Å²) >= 11 is 0. The Hall–Kier alpha value is -0.730. The number of urea groups is 1. The van der Waals surface area contributed by atoms with Crippen molar-refractivity contribution in [2.24, 2.45) is 0 Å². The number of hydrogen-bond donors (Lipinski definition) is 1. The third-order valence-corrected chi connectivity index (χ3v) is 2.85. The van der Waals surface area contributed by atoms with E-state index in [1.165, 1.54) is 0 Å². The van der Waals surface area contributed by atoms with Crippen molar-refractivity contribution < 1.29 is 4.79 Å². The van der Waals surface area contributed by atoms with Gasteiger partial charge in [-0.05, 0) is 25.7 Å². The van der Waals surface area contributed by atoms with Crippen LogP contribution in [0.5, 0.6) is 0 Å². The SMILES string of the molecule is CCCC(CC)NC(=O)N1CCCC1. The summed E-state index contributed by atoms with van der Waals surface area (Å²) in [6.45, 7) is 6.16. The quantitative estimate of drug-likeness (QED) is 0.739. The molecule has 1 rings (SSSR count). The zero-order valence-corrected chi connectivity index (χ0v) is 9.38. The molecule has 0 spiro atoms. The third kappa shape index (κ3) is 3.20. The van der Waals surface area contributed by atoms with Crippen LogP contribution in [0.1, 0.15) is 46.0 Å². The van der Waals surface area contributed by atoms with Crippen LogP contribution in [-0.4, -0.2) is 30.1 Å². The average Bonchev–Trinajstić information content (AvgIpc) is 2.69. The molecule has 0 saturated carbocycles. The van der Waals surface area contributed by atoms with E-state index in [-0.39, 0.29) is 6.03 Å². The maximum atomic E-state index is 11.7. The Morgan fingerprint density at radius 2 is 2.00 bits per heavy atom. The van der Waals surface area contributed by atoms with E-state index in [9.17, 15) is 4.79 Å². The van der Waals surface area contributed by atoms with E-state index in [0.717, 1.165) is 45.2 Å². The van der Waals surface area contributed by atoms with Gasteiger partial charge >= 0.3 is 6.03 Å². The molecule has 14 heavy (non-hydrogen) atoms. The van der Waals surface area contributed by atoms with Gasteiger partial charge in [0.25, 0.3) is 0 Å². The lowest BCUT2D eigenvalue weighted by Crippen LogP contribution is -2.43. The van der Waals surface area contributed by atoms with Crippen molar-refractivity contribution in [2.45, 2.75) is 52.0 Å². The topological polar surface area (TPSA) is 32.3 Å². The molecule has 1 aliphatic rings. The Bertz CT molecular complexity index is 176. The van der Waals surface area contributed by atoms with Gasteiger partial charge in [0.2, 0.25) is 0 Å². The van der Waals surface area contributed by atoms with E-state index in [1.54, 1.807) is 0 Å². The zero-order valence-electron chi connectivity index (χ0n) is 9.38. The van der Waals surface area contributed by atoms with Crippen LogP contribution in [-0.2, 0) is 0 Å². The van der Waals surface area contributed by atoms with Crippen LogP contribution in [0, 0.1) is 0 Å². The third-order valence-electron chi connectivity index (χ3n) is 2.85. The number of hydrogen-bond acceptors (Lipinski definition) is 1. The molecule has 3 nitrogen and oxygen atoms in total. The van der Waals surface area contributed by atoms with Gasteiger partial charge in [0.05, 0.1) is 0 Å². The van der Waals surface area contributed by atoms with Gasteiger partial charge in [0.1, 0.15) is 0 Å². The molecular formula is C11H22N2O. The molecule has 1 N–H and O–H groups in total. The lowest BCUT2D eigenvalue weighted by atomic mass is 10.1. The van der Waals surface area contributed by atoms with E-state index in [0.29, 0.717) is 6.04 Å². The fourth-order valence-electron chi connectivity index (χ4n) is 1.91. The molecule has 82 valence electrons. The van der Waals surface area contributed by atoms with Gasteiger partial charge in [-0.15, -0.1) is 0 Å². The Labute approximate surface area is 86.9 Å². The molecule has 0 radical (unpaired) electrons. The molecule has 1 unspecified atom stereocenters. The lowest BCUT2D eigenvalue weighted by molar-refractivity contribution is 0.203. The highest BCUT2D eigenvalue weighted by Crippen LogP contribution is 2.08. The standard InChI is InChI=1S/C11H22N2O/c1-3-7-10(4-2)12-11(14)13-8-5-6-9-13/h10H,3-9H2,1-2H3,(H,12,14). The van der Waals surface area contributed by atoms with Gasteiger partial charge in [-0.2, -0.15) is 0 Å². The van der Waals surface area contributed by atoms with Crippen LogP contribution < -0.4 is 5.32 Å². The highest BCUT2D eigenvalue weighted by Gasteiger charge is 2.19. The first-order chi connectivity index (χ1) is 6.77. The Balaban J connectivity index is 2.29. The molecule has 1 heterocycles. The lowest BCUT2D eigenvalue weighted by Gasteiger charge is -2.21. The van der Waals surface area contributed by atoms with E-state index in [2.05, 4.69) is 19.2 Å². The molecule has 0 aromatic carbocycles. The van der Waals surface area contributed by atoms with Crippen molar-refractivity contribution >= 4 is 6.03 Å². The summed E-state index contributed by atoms with van der Waals surface area (Å²) in [7, 11) is 0. The predicted molar refractivity (Wildman–Crippen MR) is 58.3 cm³/mol. The fourth-order valence-corrected chi connectivity index (χ4v) is 1.91. The summed E-state index contributed by atoms with van der Waals surface area (Å²) in [5.74, 6) is 0. The number of amides is 2. The largest absolute Gasteiger partial charge is 0.335 e. The van der Waals surface area contributed by atoms with Crippen molar-refractivity contribution in [1.29, 1.82) is 0 Å². The monoisotopic (exact) mass is 198 g/mol. The predicted octanol–water partition coefficient (Wildman–Crippen LogP) is 2.37. The van der Waals surface area contributed by atoms with E-state index in [4.69, 9.17) is 0 Å². The minimum Gasteiger partial charge on any atom is -0.335 e. The van der Waals surface area contributed by atoms with Gasteiger partial charge in [-0.3, -0.25) is 0 Å². The van der Waals surface area contributed by atoms with Crippen LogP contribution >= 0.6 is 0 Å². The van der Waals surface area contributed by atoms with Crippen LogP contribution in [0.2, 0.25) is 0 Å². The number of carbonyl (C=O) groups excluding carboxylic acids is 1. The summed E-state index contributed by atoms with van der Waals surface area (Å²) < 4.78 is 0. The molecule has 2 amide bonds. The summed E-state index contributed by atoms with van der Waals surface area (Å²) in [5, 5.41) is 3.10. The molecule has 0 aliphatic carbocycles. The van der Waals surface area contributed by atoms with E-state index in [1.807, 2.05) is 4.90 Å². The number of nitrogens with one attached hydrogen (secondary N) is 1. The molecular weight excluding hydrogens is 176 g/mol. The smallest absolute Gasteiger partial charge is 0.317 e. The first-order valence-corrected chi connectivity index (χ1v) is 5.83. The van der Waals surface area contributed by atoms with Crippen molar-refractivity contribution in [1.82, 2.24) is 10.2 Å². The minimum absolute atomic E-state index is 0.141. The molecule has 0 bridgehead atoms. The molecule has 1 fully saturated rings. The maximum absolute atomic E-state index is 11.7. The van der Waals surface area contributed by atoms with Crippen molar-refractivity contribution in [3.63, 3.8) is 0 Å². The molecule has 1 atom stereocenters. The number of likely N-dealkylation sites (tertiary alicyclic amines) is 1. The van der Waals surface area contributed by atoms with E-state index < -0.39 is 0 Å². The minimum atomic E-state index is 0.141. The second-order valence-corrected chi connectivity index (χ2v) is 4.04. The normalized spacial score (nSPS) is 18.3.